The van der Waals surface area contributed by atoms with E-state index in [0.717, 1.165) is 43.9 Å². The molecule has 3 aromatic rings. The zero-order valence-corrected chi connectivity index (χ0v) is 15.2. The van der Waals surface area contributed by atoms with E-state index in [0.29, 0.717) is 11.8 Å². The number of piperidine rings is 1. The second kappa shape index (κ2) is 8.39. The minimum Gasteiger partial charge on any atom is -0.334 e. The molecule has 0 saturated carbocycles. The summed E-state index contributed by atoms with van der Waals surface area (Å²) in [6.07, 6.45) is 8.04. The topological polar surface area (TPSA) is 55.1 Å². The van der Waals surface area contributed by atoms with Crippen LogP contribution in [0.2, 0.25) is 0 Å². The average molecular weight is 366 g/mol. The van der Waals surface area contributed by atoms with Gasteiger partial charge in [0.05, 0.1) is 0 Å². The number of aryl methyl sites for hydroxylation is 1. The lowest BCUT2D eigenvalue weighted by molar-refractivity contribution is 0.172. The molecule has 3 heterocycles. The lowest BCUT2D eigenvalue weighted by atomic mass is 9.92. The van der Waals surface area contributed by atoms with Gasteiger partial charge in [-0.15, -0.1) is 0 Å². The van der Waals surface area contributed by atoms with Gasteiger partial charge in [-0.2, -0.15) is 4.98 Å². The average Bonchev–Trinajstić information content (AvgIpc) is 3.18. The van der Waals surface area contributed by atoms with Crippen LogP contribution in [0.5, 0.6) is 0 Å². The largest absolute Gasteiger partial charge is 0.334 e. The summed E-state index contributed by atoms with van der Waals surface area (Å²) in [5.74, 6) is 1.61. The number of rotatable bonds is 6. The van der Waals surface area contributed by atoms with Crippen LogP contribution in [0.25, 0.3) is 11.5 Å². The maximum atomic E-state index is 13.0. The van der Waals surface area contributed by atoms with Crippen LogP contribution >= 0.6 is 0 Å². The summed E-state index contributed by atoms with van der Waals surface area (Å²) < 4.78 is 18.3. The minimum atomic E-state index is -0.270. The lowest BCUT2D eigenvalue weighted by Crippen LogP contribution is -2.33. The number of halogens is 1. The Kier molecular flexibility index (Phi) is 5.53. The quantitative estimate of drug-likeness (QED) is 0.657. The summed E-state index contributed by atoms with van der Waals surface area (Å²) in [6.45, 7) is 3.21. The van der Waals surface area contributed by atoms with E-state index < -0.39 is 0 Å². The highest BCUT2D eigenvalue weighted by Crippen LogP contribution is 2.24. The third-order valence-electron chi connectivity index (χ3n) is 5.17. The summed E-state index contributed by atoms with van der Waals surface area (Å²) in [5.41, 5.74) is 2.02. The predicted molar refractivity (Wildman–Crippen MR) is 100 cm³/mol. The van der Waals surface area contributed by atoms with Crippen LogP contribution in [0, 0.1) is 11.7 Å². The Morgan fingerprint density at radius 2 is 1.93 bits per heavy atom. The van der Waals surface area contributed by atoms with Gasteiger partial charge in [0.1, 0.15) is 5.82 Å². The van der Waals surface area contributed by atoms with E-state index in [4.69, 9.17) is 4.52 Å². The van der Waals surface area contributed by atoms with E-state index in [2.05, 4.69) is 26.1 Å². The summed E-state index contributed by atoms with van der Waals surface area (Å²) in [4.78, 5) is 11.1. The van der Waals surface area contributed by atoms with E-state index in [1.54, 1.807) is 12.1 Å². The molecule has 1 aliphatic heterocycles. The molecule has 5 nitrogen and oxygen atoms in total. The molecular formula is C21H23FN4O. The predicted octanol–water partition coefficient (Wildman–Crippen LogP) is 4.12. The van der Waals surface area contributed by atoms with Gasteiger partial charge in [-0.25, -0.2) is 4.39 Å². The molecule has 1 aromatic carbocycles. The number of likely N-dealkylation sites (tertiary alicyclic amines) is 1. The molecule has 0 radical (unpaired) electrons. The highest BCUT2D eigenvalue weighted by molar-refractivity contribution is 5.52. The fraction of sp³-hybridized carbons (Fsp3) is 0.381. The van der Waals surface area contributed by atoms with Crippen molar-refractivity contribution in [3.05, 3.63) is 66.0 Å². The minimum absolute atomic E-state index is 0.270. The Morgan fingerprint density at radius 3 is 2.67 bits per heavy atom. The first-order chi connectivity index (χ1) is 13.3. The van der Waals surface area contributed by atoms with Gasteiger partial charge in [-0.05, 0) is 74.2 Å². The summed E-state index contributed by atoms with van der Waals surface area (Å²) in [5, 5.41) is 4.07. The van der Waals surface area contributed by atoms with Gasteiger partial charge >= 0.3 is 0 Å². The van der Waals surface area contributed by atoms with Crippen molar-refractivity contribution in [1.29, 1.82) is 0 Å². The second-order valence-corrected chi connectivity index (χ2v) is 7.14. The number of aromatic nitrogens is 3. The third-order valence-corrected chi connectivity index (χ3v) is 5.17. The molecule has 0 N–H and O–H groups in total. The van der Waals surface area contributed by atoms with Crippen LogP contribution in [0.3, 0.4) is 0 Å². The Morgan fingerprint density at radius 1 is 1.11 bits per heavy atom. The van der Waals surface area contributed by atoms with Crippen molar-refractivity contribution in [2.24, 2.45) is 5.92 Å². The molecule has 27 heavy (non-hydrogen) atoms. The van der Waals surface area contributed by atoms with E-state index >= 15 is 0 Å². The van der Waals surface area contributed by atoms with Gasteiger partial charge in [0, 0.05) is 30.9 Å². The SMILES string of the molecule is Fc1ccc(-c2nc(CCC3CCN(Cc4cccnc4)CC3)no2)cc1. The lowest BCUT2D eigenvalue weighted by Gasteiger charge is -2.31. The Hall–Kier alpha value is -2.60. The van der Waals surface area contributed by atoms with Crippen molar-refractivity contribution in [1.82, 2.24) is 20.0 Å². The van der Waals surface area contributed by atoms with Gasteiger partial charge in [0.15, 0.2) is 5.82 Å². The van der Waals surface area contributed by atoms with Crippen molar-refractivity contribution in [2.45, 2.75) is 32.2 Å². The molecule has 0 unspecified atom stereocenters. The highest BCUT2D eigenvalue weighted by Gasteiger charge is 2.20. The molecule has 0 spiro atoms. The molecule has 1 fully saturated rings. The standard InChI is InChI=1S/C21H23FN4O/c22-19-6-4-18(5-7-19)21-24-20(25-27-21)8-3-16-9-12-26(13-10-16)15-17-2-1-11-23-14-17/h1-2,4-7,11,14,16H,3,8-10,12-13,15H2. The number of hydrogen-bond donors (Lipinski definition) is 0. The maximum Gasteiger partial charge on any atom is 0.257 e. The first-order valence-electron chi connectivity index (χ1n) is 9.46. The molecule has 0 aliphatic carbocycles. The molecular weight excluding hydrogens is 343 g/mol. The molecule has 4 rings (SSSR count). The third kappa shape index (κ3) is 4.77. The van der Waals surface area contributed by atoms with Crippen LogP contribution in [0.4, 0.5) is 4.39 Å². The zero-order valence-electron chi connectivity index (χ0n) is 15.2. The second-order valence-electron chi connectivity index (χ2n) is 7.14. The smallest absolute Gasteiger partial charge is 0.257 e. The molecule has 0 amide bonds. The summed E-state index contributed by atoms with van der Waals surface area (Å²) in [7, 11) is 0. The number of benzene rings is 1. The fourth-order valence-corrected chi connectivity index (χ4v) is 3.58. The van der Waals surface area contributed by atoms with E-state index in [-0.39, 0.29) is 5.82 Å². The molecule has 1 saturated heterocycles. The van der Waals surface area contributed by atoms with Crippen LogP contribution in [0.15, 0.2) is 53.3 Å². The van der Waals surface area contributed by atoms with Crippen molar-refractivity contribution in [3.63, 3.8) is 0 Å². The Labute approximate surface area is 158 Å². The van der Waals surface area contributed by atoms with Crippen LogP contribution in [-0.2, 0) is 13.0 Å². The van der Waals surface area contributed by atoms with E-state index in [1.165, 1.54) is 30.5 Å². The van der Waals surface area contributed by atoms with Gasteiger partial charge < -0.3 is 4.52 Å². The highest BCUT2D eigenvalue weighted by atomic mass is 19.1. The summed E-state index contributed by atoms with van der Waals surface area (Å²) in [6, 6.07) is 10.2. The van der Waals surface area contributed by atoms with Crippen LogP contribution < -0.4 is 0 Å². The number of pyridine rings is 1. The van der Waals surface area contributed by atoms with Gasteiger partial charge in [-0.1, -0.05) is 11.2 Å². The molecule has 140 valence electrons. The monoisotopic (exact) mass is 366 g/mol. The van der Waals surface area contributed by atoms with Crippen molar-refractivity contribution >= 4 is 0 Å². The molecule has 0 atom stereocenters. The van der Waals surface area contributed by atoms with Crippen molar-refractivity contribution in [2.75, 3.05) is 13.1 Å². The van der Waals surface area contributed by atoms with Gasteiger partial charge in [0.25, 0.3) is 5.89 Å². The summed E-state index contributed by atoms with van der Waals surface area (Å²) >= 11 is 0. The molecule has 0 bridgehead atoms. The first-order valence-corrected chi connectivity index (χ1v) is 9.46. The zero-order chi connectivity index (χ0) is 18.5. The Bertz CT molecular complexity index is 842. The number of hydrogen-bond acceptors (Lipinski definition) is 5. The normalized spacial score (nSPS) is 15.9. The molecule has 6 heteroatoms. The number of nitrogens with zero attached hydrogens (tertiary/aromatic N) is 4. The van der Waals surface area contributed by atoms with Gasteiger partial charge in [-0.3, -0.25) is 9.88 Å². The molecule has 1 aliphatic rings. The first kappa shape index (κ1) is 17.8. The maximum absolute atomic E-state index is 13.0. The fourth-order valence-electron chi connectivity index (χ4n) is 3.58. The van der Waals surface area contributed by atoms with Crippen molar-refractivity contribution in [3.8, 4) is 11.5 Å². The van der Waals surface area contributed by atoms with E-state index in [1.807, 2.05) is 18.5 Å². The molecule has 2 aromatic heterocycles. The van der Waals surface area contributed by atoms with Crippen LogP contribution in [0.1, 0.15) is 30.7 Å². The van der Waals surface area contributed by atoms with Crippen molar-refractivity contribution < 1.29 is 8.91 Å². The van der Waals surface area contributed by atoms with Gasteiger partial charge in [0.2, 0.25) is 0 Å². The van der Waals surface area contributed by atoms with Crippen LogP contribution in [-0.4, -0.2) is 33.1 Å². The van der Waals surface area contributed by atoms with E-state index in [9.17, 15) is 4.39 Å². The Balaban J connectivity index is 1.24.